The molecule has 11 nitrogen and oxygen atoms in total. The van der Waals surface area contributed by atoms with Crippen molar-refractivity contribution in [3.8, 4) is 0 Å². The van der Waals surface area contributed by atoms with Crippen LogP contribution in [0, 0.1) is 0 Å². The van der Waals surface area contributed by atoms with Crippen molar-refractivity contribution in [1.82, 2.24) is 45.7 Å². The van der Waals surface area contributed by atoms with Gasteiger partial charge in [0.05, 0.1) is 12.6 Å². The van der Waals surface area contributed by atoms with Gasteiger partial charge in [-0.1, -0.05) is 0 Å². The van der Waals surface area contributed by atoms with Gasteiger partial charge in [0, 0.05) is 31.0 Å². The molecular weight excluding hydrogens is 338 g/mol. The number of hydrogen-bond acceptors (Lipinski definition) is 7. The number of H-pyrrole nitrogens is 1. The summed E-state index contributed by atoms with van der Waals surface area (Å²) in [5, 5.41) is 16.6. The fourth-order valence-corrected chi connectivity index (χ4v) is 3.09. The number of amides is 2. The van der Waals surface area contributed by atoms with Crippen LogP contribution in [-0.4, -0.2) is 71.6 Å². The molecule has 2 amide bonds. The maximum absolute atomic E-state index is 12.6. The van der Waals surface area contributed by atoms with Gasteiger partial charge >= 0.3 is 0 Å². The number of likely N-dealkylation sites (tertiary alicyclic amines) is 1. The first-order valence-electron chi connectivity index (χ1n) is 8.54. The van der Waals surface area contributed by atoms with Gasteiger partial charge in [-0.2, -0.15) is 0 Å². The van der Waals surface area contributed by atoms with Crippen LogP contribution in [0.25, 0.3) is 0 Å². The highest BCUT2D eigenvalue weighted by molar-refractivity contribution is 5.83. The van der Waals surface area contributed by atoms with Crippen LogP contribution in [0.1, 0.15) is 26.1 Å². The highest BCUT2D eigenvalue weighted by atomic mass is 16.2. The van der Waals surface area contributed by atoms with E-state index in [9.17, 15) is 9.59 Å². The first kappa shape index (κ1) is 18.0. The first-order valence-corrected chi connectivity index (χ1v) is 8.54. The van der Waals surface area contributed by atoms with E-state index in [-0.39, 0.29) is 36.5 Å². The van der Waals surface area contributed by atoms with Crippen LogP contribution in [0.5, 0.6) is 0 Å². The van der Waals surface area contributed by atoms with Crippen molar-refractivity contribution in [3.63, 3.8) is 0 Å². The minimum atomic E-state index is -0.319. The van der Waals surface area contributed by atoms with Gasteiger partial charge in [-0.05, 0) is 30.7 Å². The minimum Gasteiger partial charge on any atom is -0.353 e. The Morgan fingerprint density at radius 2 is 2.27 bits per heavy atom. The maximum Gasteiger partial charge on any atom is 0.242 e. The Kier molecular flexibility index (Phi) is 5.56. The van der Waals surface area contributed by atoms with E-state index < -0.39 is 0 Å². The van der Waals surface area contributed by atoms with Gasteiger partial charge in [-0.3, -0.25) is 14.5 Å². The van der Waals surface area contributed by atoms with E-state index in [0.717, 1.165) is 5.82 Å². The Morgan fingerprint density at radius 3 is 2.92 bits per heavy atom. The first-order chi connectivity index (χ1) is 12.5. The summed E-state index contributed by atoms with van der Waals surface area (Å²) in [7, 11) is 0. The third-order valence-corrected chi connectivity index (χ3v) is 4.11. The second kappa shape index (κ2) is 8.04. The van der Waals surface area contributed by atoms with E-state index >= 15 is 0 Å². The highest BCUT2D eigenvalue weighted by Crippen LogP contribution is 2.20. The Balaban J connectivity index is 1.62. The van der Waals surface area contributed by atoms with Crippen LogP contribution in [0.3, 0.4) is 0 Å². The van der Waals surface area contributed by atoms with Gasteiger partial charge in [0.15, 0.2) is 0 Å². The van der Waals surface area contributed by atoms with E-state index in [1.165, 1.54) is 11.0 Å². The van der Waals surface area contributed by atoms with E-state index in [2.05, 4.69) is 36.1 Å². The third kappa shape index (κ3) is 4.63. The predicted octanol–water partition coefficient (Wildman–Crippen LogP) is -1.32. The van der Waals surface area contributed by atoms with Crippen LogP contribution < -0.4 is 10.6 Å². The van der Waals surface area contributed by atoms with Crippen LogP contribution >= 0.6 is 0 Å². The Bertz CT molecular complexity index is 714. The van der Waals surface area contributed by atoms with Crippen molar-refractivity contribution in [2.45, 2.75) is 51.5 Å². The zero-order chi connectivity index (χ0) is 18.5. The fourth-order valence-electron chi connectivity index (χ4n) is 3.09. The molecule has 0 saturated carbocycles. The lowest BCUT2D eigenvalue weighted by Gasteiger charge is -2.23. The number of aromatic amines is 1. The molecule has 0 aliphatic carbocycles. The molecule has 26 heavy (non-hydrogen) atoms. The van der Waals surface area contributed by atoms with Gasteiger partial charge in [0.25, 0.3) is 0 Å². The lowest BCUT2D eigenvalue weighted by molar-refractivity contribution is -0.126. The summed E-state index contributed by atoms with van der Waals surface area (Å²) in [6.45, 7) is 4.98. The zero-order valence-corrected chi connectivity index (χ0v) is 14.8. The minimum absolute atomic E-state index is 0.0382. The molecule has 0 bridgehead atoms. The molecule has 3 rings (SSSR count). The molecule has 11 heteroatoms. The van der Waals surface area contributed by atoms with Crippen molar-refractivity contribution in [1.29, 1.82) is 0 Å². The van der Waals surface area contributed by atoms with Gasteiger partial charge < -0.3 is 15.6 Å². The topological polar surface area (TPSA) is 134 Å². The van der Waals surface area contributed by atoms with E-state index in [1.54, 1.807) is 12.4 Å². The Hall–Kier alpha value is -2.82. The summed E-state index contributed by atoms with van der Waals surface area (Å²) in [6.07, 6.45) is 5.36. The second-order valence-electron chi connectivity index (χ2n) is 6.65. The summed E-state index contributed by atoms with van der Waals surface area (Å²) in [5.74, 6) is 0.557. The Morgan fingerprint density at radius 1 is 1.42 bits per heavy atom. The third-order valence-electron chi connectivity index (χ3n) is 4.11. The lowest BCUT2D eigenvalue weighted by Crippen LogP contribution is -2.45. The van der Waals surface area contributed by atoms with Gasteiger partial charge in [0.2, 0.25) is 11.8 Å². The largest absolute Gasteiger partial charge is 0.353 e. The number of nitrogens with zero attached hydrogens (tertiary/aromatic N) is 6. The lowest BCUT2D eigenvalue weighted by atomic mass is 10.1. The number of hydrogen-bond donors (Lipinski definition) is 3. The average molecular weight is 361 g/mol. The number of carbonyl (C=O) groups is 2. The molecule has 1 aliphatic heterocycles. The number of nitrogens with one attached hydrogen (secondary N) is 3. The summed E-state index contributed by atoms with van der Waals surface area (Å²) in [4.78, 5) is 34.0. The standard InChI is InChI=1S/C15H23N9O2/c1-10(2)19-15(26)12-5-11(6-23(12)7-13-16-3-4-17-13)20-14(25)8-24-9-18-21-22-24/h3-4,9-12H,5-8H2,1-2H3,(H,16,17)(H,19,26)(H,20,25)/t11-,12+/m1/s1. The van der Waals surface area contributed by atoms with Crippen LogP contribution in [0.15, 0.2) is 18.7 Å². The SMILES string of the molecule is CC(C)NC(=O)[C@@H]1C[C@@H](NC(=O)Cn2cnnn2)CN1Cc1ncc[nH]1. The molecule has 1 saturated heterocycles. The number of carbonyl (C=O) groups excluding carboxylic acids is 2. The van der Waals surface area contributed by atoms with Crippen LogP contribution in [0.2, 0.25) is 0 Å². The molecular formula is C15H23N9O2. The summed E-state index contributed by atoms with van der Waals surface area (Å²) in [5.41, 5.74) is 0. The van der Waals surface area contributed by atoms with Crippen LogP contribution in [-0.2, 0) is 22.7 Å². The number of rotatable bonds is 7. The molecule has 1 aliphatic rings. The fraction of sp³-hybridized carbons (Fsp3) is 0.600. The van der Waals surface area contributed by atoms with Crippen molar-refractivity contribution >= 4 is 11.8 Å². The molecule has 2 aromatic heterocycles. The molecule has 0 aromatic carbocycles. The molecule has 3 N–H and O–H groups in total. The van der Waals surface area contributed by atoms with Crippen molar-refractivity contribution in [3.05, 3.63) is 24.5 Å². The van der Waals surface area contributed by atoms with E-state index in [1.807, 2.05) is 18.7 Å². The predicted molar refractivity (Wildman–Crippen MR) is 90.4 cm³/mol. The molecule has 1 fully saturated rings. The highest BCUT2D eigenvalue weighted by Gasteiger charge is 2.37. The van der Waals surface area contributed by atoms with E-state index in [0.29, 0.717) is 19.5 Å². The van der Waals surface area contributed by atoms with Gasteiger partial charge in [-0.15, -0.1) is 5.10 Å². The number of aromatic nitrogens is 6. The second-order valence-corrected chi connectivity index (χ2v) is 6.65. The van der Waals surface area contributed by atoms with E-state index in [4.69, 9.17) is 0 Å². The van der Waals surface area contributed by atoms with Crippen molar-refractivity contribution in [2.75, 3.05) is 6.54 Å². The summed E-state index contributed by atoms with van der Waals surface area (Å²) < 4.78 is 1.36. The summed E-state index contributed by atoms with van der Waals surface area (Å²) >= 11 is 0. The monoisotopic (exact) mass is 361 g/mol. The summed E-state index contributed by atoms with van der Waals surface area (Å²) in [6, 6.07) is -0.390. The molecule has 140 valence electrons. The average Bonchev–Trinajstić information content (AvgIpc) is 3.29. The quantitative estimate of drug-likeness (QED) is 0.557. The zero-order valence-electron chi connectivity index (χ0n) is 14.8. The molecule has 0 radical (unpaired) electrons. The number of imidazole rings is 1. The smallest absolute Gasteiger partial charge is 0.242 e. The molecule has 2 atom stereocenters. The maximum atomic E-state index is 12.6. The normalized spacial score (nSPS) is 20.4. The van der Waals surface area contributed by atoms with Crippen molar-refractivity contribution in [2.24, 2.45) is 0 Å². The molecule has 2 aromatic rings. The van der Waals surface area contributed by atoms with Crippen molar-refractivity contribution < 1.29 is 9.59 Å². The molecule has 0 unspecified atom stereocenters. The van der Waals surface area contributed by atoms with Gasteiger partial charge in [-0.25, -0.2) is 9.67 Å². The molecule has 3 heterocycles. The number of tetrazole rings is 1. The Labute approximate surface area is 150 Å². The van der Waals surface area contributed by atoms with Crippen LogP contribution in [0.4, 0.5) is 0 Å². The van der Waals surface area contributed by atoms with Gasteiger partial charge in [0.1, 0.15) is 18.7 Å². The molecule has 0 spiro atoms.